The number of Topliss-reactive ketones (excluding diaryl/α,β-unsaturated/α-hetero) is 1. The molecule has 8 heteroatoms. The summed E-state index contributed by atoms with van der Waals surface area (Å²) in [5.74, 6) is -0.511. The van der Waals surface area contributed by atoms with Crippen LogP contribution in [0.5, 0.6) is 11.5 Å². The Morgan fingerprint density at radius 1 is 0.757 bits per heavy atom. The number of ketones is 1. The molecule has 0 aromatic heterocycles. The number of benzene rings is 2. The second-order valence-electron chi connectivity index (χ2n) is 8.74. The molecule has 0 aliphatic carbocycles. The zero-order chi connectivity index (χ0) is 26.9. The maximum Gasteiger partial charge on any atom is 0.340 e. The van der Waals surface area contributed by atoms with Crippen molar-refractivity contribution in [3.63, 3.8) is 0 Å². The van der Waals surface area contributed by atoms with Gasteiger partial charge in [-0.2, -0.15) is 0 Å². The Bertz CT molecular complexity index is 1010. The highest BCUT2D eigenvalue weighted by Crippen LogP contribution is 2.23. The molecule has 0 aliphatic rings. The van der Waals surface area contributed by atoms with Gasteiger partial charge in [-0.1, -0.05) is 63.4 Å². The number of carbonyl (C=O) groups excluding carboxylic acids is 3. The van der Waals surface area contributed by atoms with Crippen LogP contribution < -0.4 is 4.74 Å². The van der Waals surface area contributed by atoms with Gasteiger partial charge in [-0.05, 0) is 61.4 Å². The molecule has 0 spiro atoms. The molecular formula is C29H37NO7. The topological polar surface area (TPSA) is 111 Å². The predicted molar refractivity (Wildman–Crippen MR) is 141 cm³/mol. The van der Waals surface area contributed by atoms with Crippen LogP contribution in [0.2, 0.25) is 0 Å². The van der Waals surface area contributed by atoms with Crippen molar-refractivity contribution in [2.75, 3.05) is 6.79 Å². The van der Waals surface area contributed by atoms with Crippen molar-refractivity contribution in [1.29, 1.82) is 0 Å². The van der Waals surface area contributed by atoms with E-state index < -0.39 is 18.7 Å². The second-order valence-corrected chi connectivity index (χ2v) is 8.74. The van der Waals surface area contributed by atoms with Gasteiger partial charge in [-0.15, -0.1) is 0 Å². The van der Waals surface area contributed by atoms with Gasteiger partial charge in [0.25, 0.3) is 0 Å². The lowest BCUT2D eigenvalue weighted by Gasteiger charge is -2.09. The van der Waals surface area contributed by atoms with Crippen molar-refractivity contribution in [1.82, 2.24) is 0 Å². The molecule has 37 heavy (non-hydrogen) atoms. The fourth-order valence-electron chi connectivity index (χ4n) is 3.70. The van der Waals surface area contributed by atoms with Crippen LogP contribution >= 0.6 is 0 Å². The number of oxime groups is 1. The zero-order valence-electron chi connectivity index (χ0n) is 21.7. The SMILES string of the molecule is CCCCCCCCCCC/C(=N\OC(C)=O)C(=O)c1ccc(Oc2ccc(C(=O)OCO)cc2)cc1. The van der Waals surface area contributed by atoms with E-state index in [2.05, 4.69) is 16.8 Å². The number of rotatable bonds is 17. The summed E-state index contributed by atoms with van der Waals surface area (Å²) >= 11 is 0. The number of nitrogens with zero attached hydrogens (tertiary/aromatic N) is 1. The van der Waals surface area contributed by atoms with Crippen LogP contribution in [0.3, 0.4) is 0 Å². The first-order valence-electron chi connectivity index (χ1n) is 12.9. The summed E-state index contributed by atoms with van der Waals surface area (Å²) in [6, 6.07) is 12.8. The number of esters is 1. The third-order valence-corrected chi connectivity index (χ3v) is 5.70. The monoisotopic (exact) mass is 511 g/mol. The lowest BCUT2D eigenvalue weighted by molar-refractivity contribution is -0.140. The summed E-state index contributed by atoms with van der Waals surface area (Å²) < 4.78 is 10.3. The first-order chi connectivity index (χ1) is 17.9. The summed E-state index contributed by atoms with van der Waals surface area (Å²) in [5.41, 5.74) is 0.919. The van der Waals surface area contributed by atoms with Gasteiger partial charge in [0.15, 0.2) is 6.79 Å². The van der Waals surface area contributed by atoms with E-state index in [0.29, 0.717) is 23.5 Å². The van der Waals surface area contributed by atoms with Crippen molar-refractivity contribution >= 4 is 23.4 Å². The summed E-state index contributed by atoms with van der Waals surface area (Å²) in [7, 11) is 0. The summed E-state index contributed by atoms with van der Waals surface area (Å²) in [4.78, 5) is 40.7. The fourth-order valence-corrected chi connectivity index (χ4v) is 3.70. The number of aliphatic hydroxyl groups is 1. The molecule has 2 aromatic rings. The van der Waals surface area contributed by atoms with Crippen LogP contribution in [-0.4, -0.2) is 35.3 Å². The number of hydrogen-bond acceptors (Lipinski definition) is 8. The van der Waals surface area contributed by atoms with E-state index in [9.17, 15) is 14.4 Å². The van der Waals surface area contributed by atoms with E-state index in [1.54, 1.807) is 36.4 Å². The number of hydrogen-bond donors (Lipinski definition) is 1. The molecular weight excluding hydrogens is 474 g/mol. The quantitative estimate of drug-likeness (QED) is 0.0484. The molecule has 2 rings (SSSR count). The summed E-state index contributed by atoms with van der Waals surface area (Å²) in [6.07, 6.45) is 10.9. The molecule has 8 nitrogen and oxygen atoms in total. The van der Waals surface area contributed by atoms with Crippen LogP contribution in [0.25, 0.3) is 0 Å². The Morgan fingerprint density at radius 3 is 1.78 bits per heavy atom. The minimum absolute atomic E-state index is 0.220. The first kappa shape index (κ1) is 29.7. The maximum absolute atomic E-state index is 13.0. The lowest BCUT2D eigenvalue weighted by Crippen LogP contribution is -2.16. The standard InChI is InChI=1S/C29H37NO7/c1-3-4-5-6-7-8-9-10-11-12-27(30-37-22(2)32)28(33)23-13-17-25(18-14-23)36-26-19-15-24(16-20-26)29(34)35-21-31/h13-20,31H,3-12,21H2,1-2H3/b30-27+. The van der Waals surface area contributed by atoms with Gasteiger partial charge in [0.1, 0.15) is 17.2 Å². The van der Waals surface area contributed by atoms with E-state index in [1.807, 2.05) is 0 Å². The molecule has 1 N–H and O–H groups in total. The van der Waals surface area contributed by atoms with Gasteiger partial charge in [0.2, 0.25) is 5.78 Å². The van der Waals surface area contributed by atoms with Crippen molar-refractivity contribution < 1.29 is 33.8 Å². The van der Waals surface area contributed by atoms with Crippen LogP contribution in [0.15, 0.2) is 53.7 Å². The fraction of sp³-hybridized carbons (Fsp3) is 0.448. The molecule has 0 bridgehead atoms. The molecule has 0 radical (unpaired) electrons. The van der Waals surface area contributed by atoms with Gasteiger partial charge in [0, 0.05) is 12.5 Å². The maximum atomic E-state index is 13.0. The van der Waals surface area contributed by atoms with Crippen molar-refractivity contribution in [3.05, 3.63) is 59.7 Å². The van der Waals surface area contributed by atoms with Gasteiger partial charge in [-0.3, -0.25) is 4.79 Å². The van der Waals surface area contributed by atoms with Crippen LogP contribution in [0.1, 0.15) is 98.8 Å². The van der Waals surface area contributed by atoms with Gasteiger partial charge < -0.3 is 19.4 Å². The Morgan fingerprint density at radius 2 is 1.27 bits per heavy atom. The van der Waals surface area contributed by atoms with E-state index in [1.165, 1.54) is 57.6 Å². The van der Waals surface area contributed by atoms with Crippen LogP contribution in [-0.2, 0) is 14.4 Å². The van der Waals surface area contributed by atoms with E-state index in [4.69, 9.17) is 14.7 Å². The van der Waals surface area contributed by atoms with E-state index in [-0.39, 0.29) is 17.1 Å². The third kappa shape index (κ3) is 11.4. The number of unbranched alkanes of at least 4 members (excludes halogenated alkanes) is 8. The predicted octanol–water partition coefficient (Wildman–Crippen LogP) is 6.61. The Balaban J connectivity index is 1.91. The van der Waals surface area contributed by atoms with Crippen molar-refractivity contribution in [2.45, 2.75) is 78.1 Å². The molecule has 0 saturated heterocycles. The second kappa shape index (κ2) is 17.0. The molecule has 0 fully saturated rings. The molecule has 0 aliphatic heterocycles. The van der Waals surface area contributed by atoms with Crippen molar-refractivity contribution in [2.24, 2.45) is 5.16 Å². The van der Waals surface area contributed by atoms with E-state index in [0.717, 1.165) is 19.3 Å². The highest BCUT2D eigenvalue weighted by Gasteiger charge is 2.16. The van der Waals surface area contributed by atoms with Gasteiger partial charge >= 0.3 is 11.9 Å². The smallest absolute Gasteiger partial charge is 0.340 e. The molecule has 2 aromatic carbocycles. The normalized spacial score (nSPS) is 11.2. The molecule has 0 atom stereocenters. The summed E-state index contributed by atoms with van der Waals surface area (Å²) in [5, 5.41) is 12.5. The van der Waals surface area contributed by atoms with Crippen LogP contribution in [0, 0.1) is 0 Å². The van der Waals surface area contributed by atoms with Gasteiger partial charge in [0.05, 0.1) is 5.56 Å². The minimum atomic E-state index is -0.686. The first-order valence-corrected chi connectivity index (χ1v) is 12.9. The highest BCUT2D eigenvalue weighted by atomic mass is 16.7. The Labute approximate surface area is 218 Å². The highest BCUT2D eigenvalue weighted by molar-refractivity contribution is 6.45. The largest absolute Gasteiger partial charge is 0.457 e. The van der Waals surface area contributed by atoms with E-state index >= 15 is 0 Å². The number of aliphatic hydroxyl groups excluding tert-OH is 1. The van der Waals surface area contributed by atoms with Crippen LogP contribution in [0.4, 0.5) is 0 Å². The lowest BCUT2D eigenvalue weighted by atomic mass is 10.0. The molecule has 200 valence electrons. The zero-order valence-corrected chi connectivity index (χ0v) is 21.7. The minimum Gasteiger partial charge on any atom is -0.457 e. The molecule has 0 heterocycles. The Kier molecular flexibility index (Phi) is 13.7. The number of carbonyl (C=O) groups is 3. The molecule has 0 amide bonds. The van der Waals surface area contributed by atoms with Gasteiger partial charge in [-0.25, -0.2) is 9.59 Å². The van der Waals surface area contributed by atoms with Crippen molar-refractivity contribution in [3.8, 4) is 11.5 Å². The average Bonchev–Trinajstić information content (AvgIpc) is 2.90. The number of ether oxygens (including phenoxy) is 2. The third-order valence-electron chi connectivity index (χ3n) is 5.70. The summed E-state index contributed by atoms with van der Waals surface area (Å²) in [6.45, 7) is 2.77. The molecule has 0 saturated carbocycles. The average molecular weight is 512 g/mol. The molecule has 0 unspecified atom stereocenters. The Hall–Kier alpha value is -3.52.